The third-order valence-corrected chi connectivity index (χ3v) is 10.7. The lowest BCUT2D eigenvalue weighted by Crippen LogP contribution is -2.08. The average Bonchev–Trinajstić information content (AvgIpc) is 3.19. The summed E-state index contributed by atoms with van der Waals surface area (Å²) in [6.07, 6.45) is 38.5. The molecule has 0 fully saturated rings. The second-order valence-electron chi connectivity index (χ2n) is 15.7. The van der Waals surface area contributed by atoms with Crippen LogP contribution in [0.4, 0.5) is 11.4 Å². The van der Waals surface area contributed by atoms with Gasteiger partial charge in [-0.1, -0.05) is 169 Å². The highest BCUT2D eigenvalue weighted by Crippen LogP contribution is 2.27. The summed E-state index contributed by atoms with van der Waals surface area (Å²) in [6, 6.07) is 5.32. The van der Waals surface area contributed by atoms with Crippen LogP contribution < -0.4 is 10.6 Å². The first-order valence-electron chi connectivity index (χ1n) is 22.9. The molecule has 1 aromatic rings. The Morgan fingerprint density at radius 1 is 0.473 bits per heavy atom. The third-order valence-electron chi connectivity index (χ3n) is 10.7. The molecule has 0 bridgehead atoms. The summed E-state index contributed by atoms with van der Waals surface area (Å²) in [7, 11) is 0. The molecule has 6 nitrogen and oxygen atoms in total. The van der Waals surface area contributed by atoms with Crippen LogP contribution in [0.25, 0.3) is 0 Å². The third kappa shape index (κ3) is 25.6. The molecule has 0 heterocycles. The fraction of sp³-hybridized carbons (Fsp3) is 0.694. The van der Waals surface area contributed by atoms with Crippen molar-refractivity contribution in [1.82, 2.24) is 0 Å². The Morgan fingerprint density at radius 2 is 0.818 bits per heavy atom. The van der Waals surface area contributed by atoms with Gasteiger partial charge in [0.1, 0.15) is 0 Å². The Labute approximate surface area is 337 Å². The van der Waals surface area contributed by atoms with E-state index >= 15 is 0 Å². The van der Waals surface area contributed by atoms with Crippen LogP contribution >= 0.6 is 0 Å². The summed E-state index contributed by atoms with van der Waals surface area (Å²) in [5, 5.41) is 16.1. The fourth-order valence-electron chi connectivity index (χ4n) is 7.02. The molecular formula is C49H82N2O4. The highest BCUT2D eigenvalue weighted by atomic mass is 16.2. The Kier molecular flexibility index (Phi) is 32.0. The lowest BCUT2D eigenvalue weighted by Gasteiger charge is -2.14. The molecule has 0 aliphatic rings. The van der Waals surface area contributed by atoms with Gasteiger partial charge in [-0.25, -0.2) is 0 Å². The highest BCUT2D eigenvalue weighted by molar-refractivity contribution is 6.05. The number of rotatable bonds is 38. The number of hydrogen-bond acceptors (Lipinski definition) is 6. The smallest absolute Gasteiger partial charge is 0.188 e. The van der Waals surface area contributed by atoms with Crippen molar-refractivity contribution in [2.24, 2.45) is 0 Å². The number of carbonyl (C=O) groups is 3. The topological polar surface area (TPSA) is 95.5 Å². The summed E-state index contributed by atoms with van der Waals surface area (Å²) in [5.41, 5.74) is 3.41. The number of unbranched alkanes of at least 4 members (excludes halogenated alkanes) is 22. The zero-order valence-corrected chi connectivity index (χ0v) is 35.9. The van der Waals surface area contributed by atoms with Crippen LogP contribution in [0.1, 0.15) is 231 Å². The van der Waals surface area contributed by atoms with Gasteiger partial charge in [0.05, 0.1) is 17.6 Å². The van der Waals surface area contributed by atoms with Crippen molar-refractivity contribution in [1.29, 1.82) is 0 Å². The van der Waals surface area contributed by atoms with Crippen LogP contribution in [0.5, 0.6) is 0 Å². The van der Waals surface area contributed by atoms with Gasteiger partial charge >= 0.3 is 0 Å². The summed E-state index contributed by atoms with van der Waals surface area (Å²) >= 11 is 0. The maximum atomic E-state index is 13.6. The average molecular weight is 763 g/mol. The van der Waals surface area contributed by atoms with E-state index in [1.54, 1.807) is 12.1 Å². The summed E-state index contributed by atoms with van der Waals surface area (Å²) in [4.78, 5) is 39.9. The van der Waals surface area contributed by atoms with E-state index < -0.39 is 0 Å². The number of ketones is 3. The van der Waals surface area contributed by atoms with Crippen LogP contribution in [0.3, 0.4) is 0 Å². The van der Waals surface area contributed by atoms with Gasteiger partial charge in [-0.3, -0.25) is 14.4 Å². The van der Waals surface area contributed by atoms with E-state index in [1.165, 1.54) is 116 Å². The van der Waals surface area contributed by atoms with E-state index in [2.05, 4.69) is 38.3 Å². The van der Waals surface area contributed by atoms with Crippen molar-refractivity contribution in [3.63, 3.8) is 0 Å². The predicted molar refractivity (Wildman–Crippen MR) is 237 cm³/mol. The van der Waals surface area contributed by atoms with Crippen LogP contribution in [-0.4, -0.2) is 22.5 Å². The normalized spacial score (nSPS) is 12.1. The Morgan fingerprint density at radius 3 is 1.20 bits per heavy atom. The van der Waals surface area contributed by atoms with Crippen molar-refractivity contribution >= 4 is 28.7 Å². The van der Waals surface area contributed by atoms with Crippen molar-refractivity contribution in [2.45, 2.75) is 220 Å². The molecule has 0 saturated heterocycles. The van der Waals surface area contributed by atoms with E-state index in [1.807, 2.05) is 18.5 Å². The van der Waals surface area contributed by atoms with Crippen LogP contribution in [0.2, 0.25) is 0 Å². The molecule has 0 aliphatic heterocycles. The molecule has 0 atom stereocenters. The van der Waals surface area contributed by atoms with Gasteiger partial charge < -0.3 is 15.7 Å². The SMILES string of the molecule is CCCCCCCCCC(=O)/C(=C/Nc1ccc(C(=O)/C=C/O)cc1N/C=C(\CCCCCCCC)C(=O)CCCCCCCCC)CCCCCCCC. The molecule has 1 aromatic carbocycles. The molecular weight excluding hydrogens is 681 g/mol. The quantitative estimate of drug-likeness (QED) is 0.0269. The number of aliphatic hydroxyl groups excluding tert-OH is 1. The molecule has 1 rings (SSSR count). The highest BCUT2D eigenvalue weighted by Gasteiger charge is 2.14. The molecule has 312 valence electrons. The number of hydrogen-bond donors (Lipinski definition) is 3. The van der Waals surface area contributed by atoms with Crippen molar-refractivity contribution in [3.05, 3.63) is 59.6 Å². The minimum atomic E-state index is -0.312. The molecule has 0 amide bonds. The Hall–Kier alpha value is -3.15. The predicted octanol–water partition coefficient (Wildman–Crippen LogP) is 15.5. The number of aliphatic hydroxyl groups is 1. The molecule has 3 N–H and O–H groups in total. The number of carbonyl (C=O) groups excluding carboxylic acids is 3. The first-order chi connectivity index (χ1) is 26.9. The summed E-state index contributed by atoms with van der Waals surface area (Å²) < 4.78 is 0. The maximum Gasteiger partial charge on any atom is 0.188 e. The van der Waals surface area contributed by atoms with Gasteiger partial charge in [0.25, 0.3) is 0 Å². The van der Waals surface area contributed by atoms with Gasteiger partial charge in [-0.2, -0.15) is 0 Å². The zero-order chi connectivity index (χ0) is 40.2. The van der Waals surface area contributed by atoms with Gasteiger partial charge in [-0.05, 0) is 56.7 Å². The van der Waals surface area contributed by atoms with Crippen molar-refractivity contribution in [3.8, 4) is 0 Å². The lowest BCUT2D eigenvalue weighted by molar-refractivity contribution is -0.116. The second kappa shape index (κ2) is 35.3. The largest absolute Gasteiger partial charge is 0.515 e. The Bertz CT molecular complexity index is 1250. The number of nitrogens with one attached hydrogen (secondary N) is 2. The van der Waals surface area contributed by atoms with E-state index in [-0.39, 0.29) is 17.3 Å². The van der Waals surface area contributed by atoms with Crippen LogP contribution in [0, 0.1) is 0 Å². The fourth-order valence-corrected chi connectivity index (χ4v) is 7.02. The molecule has 0 saturated carbocycles. The number of anilines is 2. The molecule has 0 aliphatic carbocycles. The van der Waals surface area contributed by atoms with Crippen molar-refractivity contribution in [2.75, 3.05) is 10.6 Å². The van der Waals surface area contributed by atoms with E-state index in [4.69, 9.17) is 0 Å². The first-order valence-corrected chi connectivity index (χ1v) is 22.9. The van der Waals surface area contributed by atoms with Crippen molar-refractivity contribution < 1.29 is 19.5 Å². The number of benzene rings is 1. The van der Waals surface area contributed by atoms with Gasteiger partial charge in [0, 0.05) is 48.0 Å². The minimum absolute atomic E-state index is 0.191. The molecule has 55 heavy (non-hydrogen) atoms. The molecule has 0 unspecified atom stereocenters. The minimum Gasteiger partial charge on any atom is -0.515 e. The van der Waals surface area contributed by atoms with Gasteiger partial charge in [0.2, 0.25) is 0 Å². The monoisotopic (exact) mass is 763 g/mol. The standard InChI is InChI=1S/C49H82N2O4/c1-5-9-13-17-21-25-29-33-47(53)43(31-27-23-19-15-11-7-3)40-50-45-36-35-42(49(55)37-38-52)39-46(45)51-41-44(32-28-24-20-16-12-8-4)48(54)34-30-26-22-18-14-10-6-2/h35-41,50-52H,5-34H2,1-4H3/b38-37+,43-40+,44-41+. The molecule has 0 spiro atoms. The second-order valence-corrected chi connectivity index (χ2v) is 15.7. The maximum absolute atomic E-state index is 13.6. The van der Waals surface area contributed by atoms with Gasteiger partial charge in [0.15, 0.2) is 17.3 Å². The molecule has 0 aromatic heterocycles. The van der Waals surface area contributed by atoms with E-state index in [0.717, 1.165) is 93.4 Å². The summed E-state index contributed by atoms with van der Waals surface area (Å²) in [6.45, 7) is 8.92. The molecule has 6 heteroatoms. The zero-order valence-electron chi connectivity index (χ0n) is 35.9. The number of Topliss-reactive ketones (excluding diaryl/α,β-unsaturated/α-hetero) is 2. The first kappa shape index (κ1) is 49.9. The lowest BCUT2D eigenvalue weighted by atomic mass is 9.98. The van der Waals surface area contributed by atoms with Gasteiger partial charge in [-0.15, -0.1) is 0 Å². The number of allylic oxidation sites excluding steroid dienone is 3. The summed E-state index contributed by atoms with van der Waals surface area (Å²) in [5.74, 6) is 0.0882. The Balaban J connectivity index is 3.26. The van der Waals surface area contributed by atoms with Crippen LogP contribution in [-0.2, 0) is 9.59 Å². The van der Waals surface area contributed by atoms with E-state index in [9.17, 15) is 19.5 Å². The van der Waals surface area contributed by atoms with E-state index in [0.29, 0.717) is 24.1 Å². The van der Waals surface area contributed by atoms with Crippen LogP contribution in [0.15, 0.2) is 54.1 Å². The molecule has 0 radical (unpaired) electrons.